The number of nitrogens with zero attached hydrogens (tertiary/aromatic N) is 2. The van der Waals surface area contributed by atoms with E-state index in [4.69, 9.17) is 4.74 Å². The molecule has 0 aliphatic heterocycles. The number of methoxy groups -OCH3 is 1. The number of hydrogen-bond donors (Lipinski definition) is 1. The second-order valence-electron chi connectivity index (χ2n) is 3.19. The average molecular weight is 195 g/mol. The van der Waals surface area contributed by atoms with Crippen molar-refractivity contribution >= 4 is 0 Å². The molecular formula is C10H17N3O. The first kappa shape index (κ1) is 11.1. The Kier molecular flexibility index (Phi) is 4.49. The topological polar surface area (TPSA) is 47.0 Å². The third-order valence-corrected chi connectivity index (χ3v) is 2.16. The van der Waals surface area contributed by atoms with Gasteiger partial charge in [-0.2, -0.15) is 0 Å². The van der Waals surface area contributed by atoms with Gasteiger partial charge in [0, 0.05) is 37.2 Å². The maximum absolute atomic E-state index is 4.95. The van der Waals surface area contributed by atoms with Crippen LogP contribution in [0.4, 0.5) is 0 Å². The van der Waals surface area contributed by atoms with Gasteiger partial charge in [0.15, 0.2) is 0 Å². The van der Waals surface area contributed by atoms with E-state index in [1.54, 1.807) is 13.4 Å². The second-order valence-corrected chi connectivity index (χ2v) is 3.19. The van der Waals surface area contributed by atoms with Gasteiger partial charge in [0.2, 0.25) is 0 Å². The van der Waals surface area contributed by atoms with E-state index in [2.05, 4.69) is 15.3 Å². The van der Waals surface area contributed by atoms with Crippen LogP contribution in [-0.4, -0.2) is 30.2 Å². The Hall–Kier alpha value is -1.00. The molecule has 1 aromatic heterocycles. The number of rotatable bonds is 5. The molecule has 0 bridgehead atoms. The molecule has 0 aliphatic carbocycles. The molecule has 0 spiro atoms. The summed E-state index contributed by atoms with van der Waals surface area (Å²) in [6.45, 7) is 6.39. The molecule has 1 aromatic rings. The fourth-order valence-corrected chi connectivity index (χ4v) is 1.26. The molecule has 0 saturated heterocycles. The van der Waals surface area contributed by atoms with Gasteiger partial charge in [-0.05, 0) is 13.8 Å². The first-order valence-corrected chi connectivity index (χ1v) is 4.72. The summed E-state index contributed by atoms with van der Waals surface area (Å²) < 4.78 is 4.95. The Balaban J connectivity index is 2.49. The van der Waals surface area contributed by atoms with E-state index in [1.165, 1.54) is 5.56 Å². The van der Waals surface area contributed by atoms with Crippen LogP contribution in [0.25, 0.3) is 0 Å². The van der Waals surface area contributed by atoms with E-state index >= 15 is 0 Å². The molecule has 0 saturated carbocycles. The minimum absolute atomic E-state index is 0.728. The van der Waals surface area contributed by atoms with Crippen LogP contribution in [0.3, 0.4) is 0 Å². The van der Waals surface area contributed by atoms with Gasteiger partial charge in [0.1, 0.15) is 6.33 Å². The van der Waals surface area contributed by atoms with Gasteiger partial charge in [0.05, 0.1) is 6.61 Å². The van der Waals surface area contributed by atoms with Crippen LogP contribution in [0.15, 0.2) is 6.33 Å². The molecule has 4 nitrogen and oxygen atoms in total. The van der Waals surface area contributed by atoms with Crippen molar-refractivity contribution in [1.82, 2.24) is 15.3 Å². The molecule has 78 valence electrons. The van der Waals surface area contributed by atoms with Gasteiger partial charge in [-0.3, -0.25) is 0 Å². The zero-order valence-electron chi connectivity index (χ0n) is 9.00. The second kappa shape index (κ2) is 5.67. The first-order chi connectivity index (χ1) is 6.75. The van der Waals surface area contributed by atoms with Gasteiger partial charge in [-0.15, -0.1) is 0 Å². The SMILES string of the molecule is COCCNCc1c(C)ncnc1C. The van der Waals surface area contributed by atoms with Crippen LogP contribution in [0.2, 0.25) is 0 Å². The summed E-state index contributed by atoms with van der Waals surface area (Å²) in [5.74, 6) is 0. The van der Waals surface area contributed by atoms with E-state index in [1.807, 2.05) is 13.8 Å². The van der Waals surface area contributed by atoms with E-state index in [0.717, 1.165) is 31.1 Å². The van der Waals surface area contributed by atoms with Gasteiger partial charge in [0.25, 0.3) is 0 Å². The number of aryl methyl sites for hydroxylation is 2. The molecule has 0 amide bonds. The smallest absolute Gasteiger partial charge is 0.115 e. The Labute approximate surface area is 84.7 Å². The Bertz CT molecular complexity index is 268. The molecule has 14 heavy (non-hydrogen) atoms. The highest BCUT2D eigenvalue weighted by Crippen LogP contribution is 2.06. The molecule has 0 aliphatic rings. The predicted molar refractivity (Wildman–Crippen MR) is 55.1 cm³/mol. The lowest BCUT2D eigenvalue weighted by molar-refractivity contribution is 0.199. The van der Waals surface area contributed by atoms with Crippen molar-refractivity contribution in [2.24, 2.45) is 0 Å². The van der Waals surface area contributed by atoms with Crippen molar-refractivity contribution in [2.75, 3.05) is 20.3 Å². The molecule has 0 unspecified atom stereocenters. The summed E-state index contributed by atoms with van der Waals surface area (Å²) in [6, 6.07) is 0. The quantitative estimate of drug-likeness (QED) is 0.707. The minimum atomic E-state index is 0.728. The van der Waals surface area contributed by atoms with Crippen molar-refractivity contribution in [1.29, 1.82) is 0 Å². The summed E-state index contributed by atoms with van der Waals surface area (Å²) in [7, 11) is 1.70. The highest BCUT2D eigenvalue weighted by Gasteiger charge is 2.02. The standard InChI is InChI=1S/C10H17N3O/c1-8-10(6-11-4-5-14-3)9(2)13-7-12-8/h7,11H,4-6H2,1-3H3. The zero-order chi connectivity index (χ0) is 10.4. The van der Waals surface area contributed by atoms with E-state index < -0.39 is 0 Å². The molecule has 0 aromatic carbocycles. The van der Waals surface area contributed by atoms with Crippen molar-refractivity contribution < 1.29 is 4.74 Å². The summed E-state index contributed by atoms with van der Waals surface area (Å²) in [5, 5.41) is 3.28. The number of ether oxygens (including phenoxy) is 1. The van der Waals surface area contributed by atoms with E-state index in [-0.39, 0.29) is 0 Å². The third kappa shape index (κ3) is 3.05. The fourth-order valence-electron chi connectivity index (χ4n) is 1.26. The highest BCUT2D eigenvalue weighted by molar-refractivity contribution is 5.22. The third-order valence-electron chi connectivity index (χ3n) is 2.16. The van der Waals surface area contributed by atoms with Crippen LogP contribution < -0.4 is 5.32 Å². The molecular weight excluding hydrogens is 178 g/mol. The van der Waals surface area contributed by atoms with Crippen LogP contribution in [0, 0.1) is 13.8 Å². The normalized spacial score (nSPS) is 10.5. The molecule has 0 fully saturated rings. The molecule has 1 heterocycles. The minimum Gasteiger partial charge on any atom is -0.383 e. The van der Waals surface area contributed by atoms with Crippen LogP contribution in [0.1, 0.15) is 17.0 Å². The number of hydrogen-bond acceptors (Lipinski definition) is 4. The van der Waals surface area contributed by atoms with Crippen molar-refractivity contribution in [2.45, 2.75) is 20.4 Å². The lowest BCUT2D eigenvalue weighted by atomic mass is 10.2. The molecule has 1 N–H and O–H groups in total. The van der Waals surface area contributed by atoms with Gasteiger partial charge >= 0.3 is 0 Å². The largest absolute Gasteiger partial charge is 0.383 e. The fraction of sp³-hybridized carbons (Fsp3) is 0.600. The Morgan fingerprint density at radius 1 is 1.29 bits per heavy atom. The van der Waals surface area contributed by atoms with E-state index in [9.17, 15) is 0 Å². The predicted octanol–water partition coefficient (Wildman–Crippen LogP) is 0.829. The maximum atomic E-state index is 4.95. The maximum Gasteiger partial charge on any atom is 0.115 e. The molecule has 4 heteroatoms. The van der Waals surface area contributed by atoms with Crippen molar-refractivity contribution in [3.8, 4) is 0 Å². The molecule has 0 radical (unpaired) electrons. The average Bonchev–Trinajstić information content (AvgIpc) is 2.16. The summed E-state index contributed by atoms with van der Waals surface area (Å²) in [4.78, 5) is 8.31. The Morgan fingerprint density at radius 2 is 1.93 bits per heavy atom. The van der Waals surface area contributed by atoms with Gasteiger partial charge in [-0.1, -0.05) is 0 Å². The van der Waals surface area contributed by atoms with Gasteiger partial charge < -0.3 is 10.1 Å². The molecule has 1 rings (SSSR count). The van der Waals surface area contributed by atoms with Gasteiger partial charge in [-0.25, -0.2) is 9.97 Å². The molecule has 0 atom stereocenters. The highest BCUT2D eigenvalue weighted by atomic mass is 16.5. The van der Waals surface area contributed by atoms with Crippen molar-refractivity contribution in [3.63, 3.8) is 0 Å². The van der Waals surface area contributed by atoms with Crippen molar-refractivity contribution in [3.05, 3.63) is 23.3 Å². The van der Waals surface area contributed by atoms with Crippen LogP contribution in [0.5, 0.6) is 0 Å². The zero-order valence-corrected chi connectivity index (χ0v) is 9.00. The lowest BCUT2D eigenvalue weighted by Gasteiger charge is -2.08. The summed E-state index contributed by atoms with van der Waals surface area (Å²) >= 11 is 0. The number of aromatic nitrogens is 2. The summed E-state index contributed by atoms with van der Waals surface area (Å²) in [5.41, 5.74) is 3.27. The first-order valence-electron chi connectivity index (χ1n) is 4.72. The van der Waals surface area contributed by atoms with E-state index in [0.29, 0.717) is 0 Å². The monoisotopic (exact) mass is 195 g/mol. The lowest BCUT2D eigenvalue weighted by Crippen LogP contribution is -2.20. The summed E-state index contributed by atoms with van der Waals surface area (Å²) in [6.07, 6.45) is 1.60. The Morgan fingerprint density at radius 3 is 2.50 bits per heavy atom. The number of nitrogens with one attached hydrogen (secondary N) is 1. The van der Waals surface area contributed by atoms with Crippen LogP contribution in [-0.2, 0) is 11.3 Å². The van der Waals surface area contributed by atoms with Crippen LogP contribution >= 0.6 is 0 Å².